The van der Waals surface area contributed by atoms with Gasteiger partial charge in [-0.25, -0.2) is 4.39 Å². The Morgan fingerprint density at radius 1 is 1.80 bits per heavy atom. The van der Waals surface area contributed by atoms with Crippen LogP contribution in [0.2, 0.25) is 0 Å². The van der Waals surface area contributed by atoms with Crippen LogP contribution in [0, 0.1) is 5.92 Å². The van der Waals surface area contributed by atoms with E-state index in [9.17, 15) is 4.39 Å². The molecule has 0 radical (unpaired) electrons. The Hall–Kier alpha value is 0.400. The van der Waals surface area contributed by atoms with Gasteiger partial charge in [-0.1, -0.05) is 13.0 Å². The molecule has 10 heavy (non-hydrogen) atoms. The lowest BCUT2D eigenvalue weighted by Gasteiger charge is -2.18. The van der Waals surface area contributed by atoms with Crippen molar-refractivity contribution in [2.75, 3.05) is 0 Å². The predicted molar refractivity (Wildman–Crippen MR) is 50.0 cm³/mol. The molecule has 0 aliphatic heterocycles. The summed E-state index contributed by atoms with van der Waals surface area (Å²) in [5.74, 6) is 0.688. The fourth-order valence-corrected chi connectivity index (χ4v) is 1.83. The molecule has 0 amide bonds. The molecule has 0 bridgehead atoms. The topological polar surface area (TPSA) is 0 Å². The molecule has 0 heterocycles. The minimum atomic E-state index is -0.750. The van der Waals surface area contributed by atoms with Gasteiger partial charge in [0.25, 0.3) is 0 Å². The summed E-state index contributed by atoms with van der Waals surface area (Å²) >= 11 is 1.84. The van der Waals surface area contributed by atoms with Crippen molar-refractivity contribution >= 4 is 22.6 Å². The van der Waals surface area contributed by atoms with Gasteiger partial charge in [0.15, 0.2) is 4.18 Å². The standard InChI is InChI=1S/C8H12FI/c1-6-3-2-4-7(5-6)8(9)10/h4,6,8H,2-3,5H2,1H3. The quantitative estimate of drug-likeness (QED) is 0.382. The molecule has 2 atom stereocenters. The minimum Gasteiger partial charge on any atom is -0.231 e. The van der Waals surface area contributed by atoms with Gasteiger partial charge in [-0.15, -0.1) is 0 Å². The summed E-state index contributed by atoms with van der Waals surface area (Å²) in [6.45, 7) is 2.19. The van der Waals surface area contributed by atoms with E-state index in [1.807, 2.05) is 22.6 Å². The summed E-state index contributed by atoms with van der Waals surface area (Å²) in [5.41, 5.74) is 0.999. The first kappa shape index (κ1) is 8.50. The largest absolute Gasteiger partial charge is 0.231 e. The lowest BCUT2D eigenvalue weighted by molar-refractivity contribution is 0.445. The SMILES string of the molecule is CC1CCC=C(C(F)I)C1. The second-order valence-electron chi connectivity index (χ2n) is 2.97. The average Bonchev–Trinajstić information content (AvgIpc) is 1.88. The van der Waals surface area contributed by atoms with Crippen LogP contribution in [0.3, 0.4) is 0 Å². The van der Waals surface area contributed by atoms with Crippen molar-refractivity contribution < 1.29 is 4.39 Å². The zero-order valence-electron chi connectivity index (χ0n) is 6.11. The summed E-state index contributed by atoms with van der Waals surface area (Å²) in [6.07, 6.45) is 5.31. The Kier molecular flexibility index (Phi) is 3.14. The van der Waals surface area contributed by atoms with Gasteiger partial charge in [-0.2, -0.15) is 0 Å². The molecule has 1 aliphatic carbocycles. The van der Waals surface area contributed by atoms with Crippen molar-refractivity contribution in [2.45, 2.75) is 30.4 Å². The summed E-state index contributed by atoms with van der Waals surface area (Å²) in [5, 5.41) is 0. The van der Waals surface area contributed by atoms with Crippen LogP contribution in [0.15, 0.2) is 11.6 Å². The Bertz CT molecular complexity index is 140. The molecule has 2 unspecified atom stereocenters. The maximum Gasteiger partial charge on any atom is 0.172 e. The molecule has 0 aromatic rings. The molecule has 0 aromatic carbocycles. The van der Waals surface area contributed by atoms with Crippen molar-refractivity contribution in [3.63, 3.8) is 0 Å². The number of rotatable bonds is 1. The van der Waals surface area contributed by atoms with Crippen LogP contribution in [0.25, 0.3) is 0 Å². The normalized spacial score (nSPS) is 29.5. The molecule has 0 saturated heterocycles. The van der Waals surface area contributed by atoms with Gasteiger partial charge in [0.2, 0.25) is 0 Å². The summed E-state index contributed by atoms with van der Waals surface area (Å²) in [6, 6.07) is 0. The van der Waals surface area contributed by atoms with E-state index < -0.39 is 4.18 Å². The third kappa shape index (κ3) is 2.22. The monoisotopic (exact) mass is 254 g/mol. The summed E-state index contributed by atoms with van der Waals surface area (Å²) in [4.78, 5) is 0. The molecule has 0 spiro atoms. The van der Waals surface area contributed by atoms with E-state index in [2.05, 4.69) is 13.0 Å². The number of hydrogen-bond acceptors (Lipinski definition) is 0. The number of halogens is 2. The van der Waals surface area contributed by atoms with Gasteiger partial charge in [-0.05, 0) is 53.3 Å². The molecule has 58 valence electrons. The van der Waals surface area contributed by atoms with Crippen LogP contribution in [-0.2, 0) is 0 Å². The number of alkyl halides is 2. The van der Waals surface area contributed by atoms with E-state index in [1.54, 1.807) is 0 Å². The Labute approximate surface area is 75.0 Å². The van der Waals surface area contributed by atoms with Gasteiger partial charge in [0.1, 0.15) is 0 Å². The Balaban J connectivity index is 2.51. The third-order valence-corrected chi connectivity index (χ3v) is 2.73. The maximum absolute atomic E-state index is 12.7. The Morgan fingerprint density at radius 2 is 2.50 bits per heavy atom. The van der Waals surface area contributed by atoms with E-state index >= 15 is 0 Å². The summed E-state index contributed by atoms with van der Waals surface area (Å²) in [7, 11) is 0. The molecule has 1 aliphatic rings. The second-order valence-corrected chi connectivity index (χ2v) is 4.06. The summed E-state index contributed by atoms with van der Waals surface area (Å²) < 4.78 is 11.9. The number of allylic oxidation sites excluding steroid dienone is 2. The zero-order chi connectivity index (χ0) is 7.56. The average molecular weight is 254 g/mol. The van der Waals surface area contributed by atoms with E-state index in [4.69, 9.17) is 0 Å². The first-order chi connectivity index (χ1) is 4.70. The molecular weight excluding hydrogens is 242 g/mol. The molecule has 0 N–H and O–H groups in total. The van der Waals surface area contributed by atoms with Crippen molar-refractivity contribution in [1.82, 2.24) is 0 Å². The maximum atomic E-state index is 12.7. The van der Waals surface area contributed by atoms with Crippen molar-refractivity contribution in [2.24, 2.45) is 5.92 Å². The van der Waals surface area contributed by atoms with Crippen LogP contribution >= 0.6 is 22.6 Å². The highest BCUT2D eigenvalue weighted by Gasteiger charge is 2.15. The van der Waals surface area contributed by atoms with E-state index in [0.717, 1.165) is 18.4 Å². The van der Waals surface area contributed by atoms with E-state index in [0.29, 0.717) is 5.92 Å². The highest BCUT2D eigenvalue weighted by Crippen LogP contribution is 2.29. The molecule has 0 saturated carbocycles. The fourth-order valence-electron chi connectivity index (χ4n) is 1.32. The molecule has 0 aromatic heterocycles. The van der Waals surface area contributed by atoms with Gasteiger partial charge in [0.05, 0.1) is 0 Å². The van der Waals surface area contributed by atoms with Gasteiger partial charge >= 0.3 is 0 Å². The molecular formula is C8H12FI. The third-order valence-electron chi connectivity index (χ3n) is 1.93. The van der Waals surface area contributed by atoms with Crippen LogP contribution in [0.5, 0.6) is 0 Å². The van der Waals surface area contributed by atoms with E-state index in [1.165, 1.54) is 6.42 Å². The van der Waals surface area contributed by atoms with Crippen LogP contribution in [-0.4, -0.2) is 4.18 Å². The molecule has 0 fully saturated rings. The molecule has 0 nitrogen and oxygen atoms in total. The second kappa shape index (κ2) is 3.69. The van der Waals surface area contributed by atoms with Crippen molar-refractivity contribution in [3.8, 4) is 0 Å². The highest BCUT2D eigenvalue weighted by molar-refractivity contribution is 14.1. The predicted octanol–water partition coefficient (Wildman–Crippen LogP) is 3.46. The van der Waals surface area contributed by atoms with Crippen molar-refractivity contribution in [3.05, 3.63) is 11.6 Å². The van der Waals surface area contributed by atoms with E-state index in [-0.39, 0.29) is 0 Å². The molecule has 2 heteroatoms. The first-order valence-electron chi connectivity index (χ1n) is 3.67. The fraction of sp³-hybridized carbons (Fsp3) is 0.750. The zero-order valence-corrected chi connectivity index (χ0v) is 8.27. The highest BCUT2D eigenvalue weighted by atomic mass is 127. The van der Waals surface area contributed by atoms with Gasteiger partial charge in [0, 0.05) is 0 Å². The van der Waals surface area contributed by atoms with Crippen LogP contribution in [0.1, 0.15) is 26.2 Å². The van der Waals surface area contributed by atoms with Crippen molar-refractivity contribution in [1.29, 1.82) is 0 Å². The number of hydrogen-bond donors (Lipinski definition) is 0. The van der Waals surface area contributed by atoms with Crippen LogP contribution in [0.4, 0.5) is 4.39 Å². The minimum absolute atomic E-state index is 0.688. The van der Waals surface area contributed by atoms with Gasteiger partial charge in [-0.3, -0.25) is 0 Å². The first-order valence-corrected chi connectivity index (χ1v) is 4.92. The van der Waals surface area contributed by atoms with Crippen LogP contribution < -0.4 is 0 Å². The lowest BCUT2D eigenvalue weighted by atomic mass is 9.91. The molecule has 1 rings (SSSR count). The van der Waals surface area contributed by atoms with Gasteiger partial charge < -0.3 is 0 Å². The lowest BCUT2D eigenvalue weighted by Crippen LogP contribution is -2.06. The Morgan fingerprint density at radius 3 is 2.90 bits per heavy atom. The smallest absolute Gasteiger partial charge is 0.172 e.